The summed E-state index contributed by atoms with van der Waals surface area (Å²) in [7, 11) is 0. The van der Waals surface area contributed by atoms with Crippen molar-refractivity contribution in [1.29, 1.82) is 0 Å². The number of nitrogens with zero attached hydrogens (tertiary/aromatic N) is 2. The van der Waals surface area contributed by atoms with Gasteiger partial charge in [0.1, 0.15) is 11.3 Å². The minimum Gasteiger partial charge on any atom is -1.00 e. The summed E-state index contributed by atoms with van der Waals surface area (Å²) in [5.41, 5.74) is 3.68. The van der Waals surface area contributed by atoms with E-state index in [1.807, 2.05) is 11.8 Å². The van der Waals surface area contributed by atoms with Crippen molar-refractivity contribution >= 4 is 45.1 Å². The summed E-state index contributed by atoms with van der Waals surface area (Å²) >= 11 is 3.60. The highest BCUT2D eigenvalue weighted by Crippen LogP contribution is 2.45. The fraction of sp³-hybridized carbons (Fsp3) is 0.227. The molecule has 0 saturated carbocycles. The average molecular weight is 475 g/mol. The maximum atomic E-state index is 9.49. The first-order valence-corrected chi connectivity index (χ1v) is 10.8. The Bertz CT molecular complexity index is 1040. The fourth-order valence-electron chi connectivity index (χ4n) is 3.41. The fourth-order valence-corrected chi connectivity index (χ4v) is 5.85. The number of aliphatic hydroxyl groups is 1. The van der Waals surface area contributed by atoms with Crippen LogP contribution in [0.15, 0.2) is 70.1 Å². The molecule has 2 heterocycles. The molecule has 0 bridgehead atoms. The van der Waals surface area contributed by atoms with Gasteiger partial charge in [0.15, 0.2) is 6.54 Å². The number of benzene rings is 2. The number of anilines is 1. The summed E-state index contributed by atoms with van der Waals surface area (Å²) in [6.45, 7) is 6.05. The van der Waals surface area contributed by atoms with Gasteiger partial charge in [-0.05, 0) is 43.7 Å². The number of rotatable bonds is 5. The van der Waals surface area contributed by atoms with E-state index in [-0.39, 0.29) is 23.6 Å². The van der Waals surface area contributed by atoms with Gasteiger partial charge >= 0.3 is 0 Å². The molecule has 4 rings (SSSR count). The minimum atomic E-state index is 0. The van der Waals surface area contributed by atoms with E-state index in [2.05, 4.69) is 84.0 Å². The number of aliphatic hydroxyl groups excluding tert-OH is 1. The van der Waals surface area contributed by atoms with Gasteiger partial charge in [0.2, 0.25) is 5.52 Å². The Labute approximate surface area is 184 Å². The number of hydrogen-bond acceptors (Lipinski definition) is 4. The normalized spacial score (nSPS) is 15.2. The molecule has 0 aliphatic carbocycles. The van der Waals surface area contributed by atoms with Crippen molar-refractivity contribution < 1.29 is 26.7 Å². The van der Waals surface area contributed by atoms with E-state index in [4.69, 9.17) is 0 Å². The zero-order chi connectivity index (χ0) is 18.8. The second-order valence-corrected chi connectivity index (χ2v) is 8.59. The van der Waals surface area contributed by atoms with Crippen LogP contribution in [0, 0.1) is 0 Å². The summed E-state index contributed by atoms with van der Waals surface area (Å²) in [5, 5.41) is 11.9. The van der Waals surface area contributed by atoms with Gasteiger partial charge in [-0.1, -0.05) is 47.4 Å². The summed E-state index contributed by atoms with van der Waals surface area (Å²) in [4.78, 5) is 3.68. The molecule has 0 saturated heterocycles. The van der Waals surface area contributed by atoms with Crippen molar-refractivity contribution in [3.8, 4) is 0 Å². The Morgan fingerprint density at radius 1 is 1.14 bits per heavy atom. The zero-order valence-electron chi connectivity index (χ0n) is 15.9. The van der Waals surface area contributed by atoms with Gasteiger partial charge in [0.05, 0.1) is 10.7 Å². The molecule has 28 heavy (non-hydrogen) atoms. The molecule has 0 amide bonds. The first-order valence-electron chi connectivity index (χ1n) is 9.18. The molecule has 0 unspecified atom stereocenters. The van der Waals surface area contributed by atoms with E-state index in [0.717, 1.165) is 6.54 Å². The van der Waals surface area contributed by atoms with Crippen LogP contribution in [0.5, 0.6) is 0 Å². The van der Waals surface area contributed by atoms with E-state index in [9.17, 15) is 5.11 Å². The lowest BCUT2D eigenvalue weighted by molar-refractivity contribution is -0.670. The number of thiazole rings is 1. The average Bonchev–Trinajstić information content (AvgIpc) is 3.19. The molecule has 0 radical (unpaired) electrons. The predicted molar refractivity (Wildman–Crippen MR) is 116 cm³/mol. The topological polar surface area (TPSA) is 27.4 Å². The predicted octanol–water partition coefficient (Wildman–Crippen LogP) is 2.06. The first-order chi connectivity index (χ1) is 13.2. The summed E-state index contributed by atoms with van der Waals surface area (Å²) in [6.07, 6.45) is 4.49. The number of allylic oxidation sites excluding steroid dienone is 2. The number of thioether (sulfide) groups is 1. The van der Waals surface area contributed by atoms with E-state index in [1.165, 1.54) is 36.4 Å². The molecule has 0 fully saturated rings. The van der Waals surface area contributed by atoms with Crippen LogP contribution in [0.1, 0.15) is 18.9 Å². The van der Waals surface area contributed by atoms with Crippen LogP contribution in [-0.4, -0.2) is 18.3 Å². The van der Waals surface area contributed by atoms with E-state index in [1.54, 1.807) is 11.3 Å². The molecular weight excluding hydrogens is 452 g/mol. The number of aromatic nitrogens is 1. The van der Waals surface area contributed by atoms with E-state index < -0.39 is 0 Å². The molecule has 2 aromatic carbocycles. The maximum absolute atomic E-state index is 9.49. The van der Waals surface area contributed by atoms with Crippen molar-refractivity contribution in [2.24, 2.45) is 0 Å². The molecule has 1 aromatic heterocycles. The Kier molecular flexibility index (Phi) is 6.99. The molecular formula is C22H23BrN2OS2. The van der Waals surface area contributed by atoms with Crippen LogP contribution in [0.2, 0.25) is 0 Å². The lowest BCUT2D eigenvalue weighted by Gasteiger charge is -2.17. The van der Waals surface area contributed by atoms with Crippen LogP contribution >= 0.6 is 23.1 Å². The van der Waals surface area contributed by atoms with Crippen LogP contribution < -0.4 is 26.4 Å². The zero-order valence-corrected chi connectivity index (χ0v) is 19.1. The summed E-state index contributed by atoms with van der Waals surface area (Å²) < 4.78 is 3.45. The molecule has 3 nitrogen and oxygen atoms in total. The highest BCUT2D eigenvalue weighted by molar-refractivity contribution is 8.03. The molecule has 0 atom stereocenters. The van der Waals surface area contributed by atoms with Gasteiger partial charge in [-0.15, -0.1) is 0 Å². The van der Waals surface area contributed by atoms with Crippen molar-refractivity contribution in [2.45, 2.75) is 25.3 Å². The number of fused-ring (bicyclic) bond motifs is 2. The van der Waals surface area contributed by atoms with Gasteiger partial charge in [0, 0.05) is 23.6 Å². The maximum Gasteiger partial charge on any atom is 0.263 e. The summed E-state index contributed by atoms with van der Waals surface area (Å²) in [6, 6.07) is 16.9. The lowest BCUT2D eigenvalue weighted by Crippen LogP contribution is -3.00. The monoisotopic (exact) mass is 474 g/mol. The Morgan fingerprint density at radius 3 is 2.68 bits per heavy atom. The molecule has 0 spiro atoms. The largest absolute Gasteiger partial charge is 1.00 e. The second-order valence-electron chi connectivity index (χ2n) is 6.47. The molecule has 1 aliphatic heterocycles. The highest BCUT2D eigenvalue weighted by Gasteiger charge is 2.23. The van der Waals surface area contributed by atoms with Gasteiger partial charge in [-0.2, -0.15) is 4.57 Å². The molecule has 3 aromatic rings. The standard InChI is InChI=1S/C22H23N2OS2.BrH/c1-3-23-17-8-4-6-10-19(17)26-21(23)14-16(2)15-22-24(12-13-25)18-9-5-7-11-20(18)27-22;/h4-11,14-15,25H,3,12-13H2,1-2H3;1H/q+1;/p-1. The number of para-hydroxylation sites is 2. The SMILES string of the molecule is CCN1/C(=C\C(C)=C\c2sc3ccccc3[n+]2CCO)Sc2ccccc21.[Br-]. The third kappa shape index (κ3) is 4.06. The van der Waals surface area contributed by atoms with E-state index >= 15 is 0 Å². The lowest BCUT2D eigenvalue weighted by atomic mass is 10.2. The number of halogens is 1. The molecule has 6 heteroatoms. The van der Waals surface area contributed by atoms with Crippen LogP contribution in [-0.2, 0) is 6.54 Å². The smallest absolute Gasteiger partial charge is 0.263 e. The third-order valence-electron chi connectivity index (χ3n) is 4.62. The van der Waals surface area contributed by atoms with Crippen LogP contribution in [0.3, 0.4) is 0 Å². The van der Waals surface area contributed by atoms with Gasteiger partial charge < -0.3 is 27.0 Å². The van der Waals surface area contributed by atoms with Gasteiger partial charge in [0.25, 0.3) is 5.01 Å². The van der Waals surface area contributed by atoms with E-state index in [0.29, 0.717) is 6.54 Å². The minimum absolute atomic E-state index is 0. The van der Waals surface area contributed by atoms with Crippen molar-refractivity contribution in [1.82, 2.24) is 0 Å². The van der Waals surface area contributed by atoms with Crippen molar-refractivity contribution in [2.75, 3.05) is 18.1 Å². The van der Waals surface area contributed by atoms with Gasteiger partial charge in [-0.25, -0.2) is 0 Å². The quantitative estimate of drug-likeness (QED) is 0.573. The molecule has 146 valence electrons. The summed E-state index contributed by atoms with van der Waals surface area (Å²) in [5.74, 6) is 0. The Morgan fingerprint density at radius 2 is 1.89 bits per heavy atom. The van der Waals surface area contributed by atoms with Crippen LogP contribution in [0.4, 0.5) is 5.69 Å². The first kappa shape index (κ1) is 21.1. The van der Waals surface area contributed by atoms with Gasteiger partial charge in [-0.3, -0.25) is 0 Å². The highest BCUT2D eigenvalue weighted by atomic mass is 79.9. The molecule has 1 N–H and O–H groups in total. The Balaban J connectivity index is 0.00000225. The Hall–Kier alpha value is -1.60. The second kappa shape index (κ2) is 9.27. The third-order valence-corrected chi connectivity index (χ3v) is 6.84. The van der Waals surface area contributed by atoms with Crippen molar-refractivity contribution in [3.05, 3.63) is 70.2 Å². The number of hydrogen-bond donors (Lipinski definition) is 1. The van der Waals surface area contributed by atoms with Crippen molar-refractivity contribution in [3.63, 3.8) is 0 Å². The van der Waals surface area contributed by atoms with Crippen LogP contribution in [0.25, 0.3) is 16.3 Å². The molecule has 1 aliphatic rings.